The molecule has 0 radical (unpaired) electrons. The van der Waals surface area contributed by atoms with Crippen LogP contribution in [0.15, 0.2) is 70.2 Å². The summed E-state index contributed by atoms with van der Waals surface area (Å²) >= 11 is 0. The van der Waals surface area contributed by atoms with Crippen molar-refractivity contribution in [3.8, 4) is 34.0 Å². The van der Waals surface area contributed by atoms with Gasteiger partial charge < -0.3 is 20.3 Å². The Morgan fingerprint density at radius 2 is 1.82 bits per heavy atom. The number of ether oxygens (including phenoxy) is 1. The molecule has 0 aliphatic carbocycles. The van der Waals surface area contributed by atoms with E-state index in [4.69, 9.17) is 21.8 Å². The lowest BCUT2D eigenvalue weighted by Crippen LogP contribution is -2.34. The number of hydrogen-bond donors (Lipinski definition) is 2. The molecule has 1 aliphatic heterocycles. The Hall–Kier alpha value is -3.60. The highest BCUT2D eigenvalue weighted by molar-refractivity contribution is 7.92. The van der Waals surface area contributed by atoms with Crippen LogP contribution in [0.1, 0.15) is 39.0 Å². The summed E-state index contributed by atoms with van der Waals surface area (Å²) < 4.78 is 76.5. The van der Waals surface area contributed by atoms with E-state index in [-0.39, 0.29) is 48.0 Å². The van der Waals surface area contributed by atoms with Crippen molar-refractivity contribution in [3.63, 3.8) is 0 Å². The van der Waals surface area contributed by atoms with E-state index in [2.05, 4.69) is 20.4 Å². The molecule has 38 heavy (non-hydrogen) atoms. The first kappa shape index (κ1) is 20.4. The highest BCUT2D eigenvalue weighted by Gasteiger charge is 2.20. The third-order valence-corrected chi connectivity index (χ3v) is 8.20. The van der Waals surface area contributed by atoms with Crippen LogP contribution in [0.5, 0.6) is 0 Å². The van der Waals surface area contributed by atoms with Gasteiger partial charge in [0.05, 0.1) is 23.4 Å². The van der Waals surface area contributed by atoms with Crippen LogP contribution in [0.4, 0.5) is 5.82 Å². The van der Waals surface area contributed by atoms with Gasteiger partial charge in [0.25, 0.3) is 0 Å². The molecule has 0 spiro atoms. The van der Waals surface area contributed by atoms with Crippen molar-refractivity contribution in [1.82, 2.24) is 20.4 Å². The fourth-order valence-corrected chi connectivity index (χ4v) is 4.80. The number of nitrogens with one attached hydrogen (secondary N) is 1. The molecule has 1 fully saturated rings. The lowest BCUT2D eigenvalue weighted by atomic mass is 10.1. The number of rotatable bonds is 8. The van der Waals surface area contributed by atoms with Crippen molar-refractivity contribution in [2.75, 3.05) is 18.9 Å². The molecular formula is C28H31N5O4S. The number of aromatic nitrogens is 3. The first-order valence-corrected chi connectivity index (χ1v) is 13.6. The van der Waals surface area contributed by atoms with Crippen LogP contribution in [0.3, 0.4) is 0 Å². The molecule has 2 aromatic carbocycles. The maximum absolute atomic E-state index is 12.5. The van der Waals surface area contributed by atoms with Crippen molar-refractivity contribution >= 4 is 15.7 Å². The number of sulfone groups is 1. The second kappa shape index (κ2) is 11.0. The van der Waals surface area contributed by atoms with Crippen LogP contribution in [0.25, 0.3) is 34.0 Å². The Kier molecular flexibility index (Phi) is 5.91. The Labute approximate surface area is 229 Å². The summed E-state index contributed by atoms with van der Waals surface area (Å²) in [5.41, 5.74) is 9.28. The Bertz CT molecular complexity index is 1730. The van der Waals surface area contributed by atoms with Crippen LogP contribution in [0.2, 0.25) is 0 Å². The van der Waals surface area contributed by atoms with Crippen molar-refractivity contribution in [3.05, 3.63) is 66.3 Å². The molecule has 5 rings (SSSR count). The summed E-state index contributed by atoms with van der Waals surface area (Å²) in [6.07, 6.45) is -2.25. The Balaban J connectivity index is 1.33. The zero-order valence-corrected chi connectivity index (χ0v) is 21.7. The van der Waals surface area contributed by atoms with Gasteiger partial charge in [-0.3, -0.25) is 0 Å². The summed E-state index contributed by atoms with van der Waals surface area (Å²) in [5.74, 6) is 0.368. The number of nitrogens with zero attached hydrogens (tertiary/aromatic N) is 3. The molecule has 2 aromatic heterocycles. The minimum absolute atomic E-state index is 0.0538. The van der Waals surface area contributed by atoms with Gasteiger partial charge in [0.2, 0.25) is 0 Å². The van der Waals surface area contributed by atoms with E-state index in [0.717, 1.165) is 11.1 Å². The van der Waals surface area contributed by atoms with Crippen LogP contribution < -0.4 is 11.1 Å². The monoisotopic (exact) mass is 538 g/mol. The van der Waals surface area contributed by atoms with Crippen LogP contribution >= 0.6 is 0 Å². The van der Waals surface area contributed by atoms with E-state index in [1.54, 1.807) is 26.0 Å². The van der Waals surface area contributed by atoms with Gasteiger partial charge in [-0.05, 0) is 44.3 Å². The SMILES string of the molecule is [2H]c1cc(-c2cnc(N)c(-c3cc(-c4ccc(CNC5C([2H])([2H])COCC5([2H])[2H])cc4)no3)n2)ccc1S(=O)(=O)C(C)C. The number of anilines is 1. The Morgan fingerprint density at radius 3 is 2.53 bits per heavy atom. The van der Waals surface area contributed by atoms with E-state index >= 15 is 0 Å². The van der Waals surface area contributed by atoms with Crippen molar-refractivity contribution in [1.29, 1.82) is 0 Å². The maximum atomic E-state index is 12.5. The van der Waals surface area contributed by atoms with Gasteiger partial charge >= 0.3 is 0 Å². The van der Waals surface area contributed by atoms with Gasteiger partial charge in [0.1, 0.15) is 5.69 Å². The molecule has 1 aliphatic rings. The van der Waals surface area contributed by atoms with Crippen molar-refractivity contribution < 1.29 is 24.5 Å². The third kappa shape index (κ3) is 5.62. The second-order valence-corrected chi connectivity index (χ2v) is 11.5. The smallest absolute Gasteiger partial charge is 0.189 e. The van der Waals surface area contributed by atoms with Crippen molar-refractivity contribution in [2.45, 2.75) is 49.3 Å². The molecule has 0 bridgehead atoms. The van der Waals surface area contributed by atoms with Crippen LogP contribution in [-0.2, 0) is 21.1 Å². The Morgan fingerprint density at radius 1 is 1.11 bits per heavy atom. The minimum Gasteiger partial charge on any atom is -0.382 e. The fourth-order valence-electron chi connectivity index (χ4n) is 3.81. The minimum atomic E-state index is -3.61. The molecule has 3 heterocycles. The molecule has 3 N–H and O–H groups in total. The van der Waals surface area contributed by atoms with Gasteiger partial charge in [-0.1, -0.05) is 41.6 Å². The number of nitrogen functional groups attached to an aromatic ring is 1. The normalized spacial score (nSPS) is 19.3. The van der Waals surface area contributed by atoms with Crippen molar-refractivity contribution in [2.24, 2.45) is 0 Å². The molecular weight excluding hydrogens is 502 g/mol. The number of hydrogen-bond acceptors (Lipinski definition) is 9. The second-order valence-electron chi connectivity index (χ2n) is 9.01. The van der Waals surface area contributed by atoms with Crippen LogP contribution in [-0.4, -0.2) is 48.0 Å². The predicted molar refractivity (Wildman–Crippen MR) is 146 cm³/mol. The van der Waals surface area contributed by atoms with Gasteiger partial charge in [0.15, 0.2) is 27.1 Å². The fraction of sp³-hybridized carbons (Fsp3) is 0.321. The molecule has 1 saturated heterocycles. The topological polar surface area (TPSA) is 133 Å². The van der Waals surface area contributed by atoms with Gasteiger partial charge in [-0.15, -0.1) is 0 Å². The molecule has 9 nitrogen and oxygen atoms in total. The average Bonchev–Trinajstić information content (AvgIpc) is 3.42. The third-order valence-electron chi connectivity index (χ3n) is 6.09. The quantitative estimate of drug-likeness (QED) is 0.333. The zero-order valence-electron chi connectivity index (χ0n) is 25.9. The molecule has 0 amide bonds. The molecule has 4 aromatic rings. The van der Waals surface area contributed by atoms with E-state index < -0.39 is 33.9 Å². The summed E-state index contributed by atoms with van der Waals surface area (Å²) in [5, 5.41) is 6.49. The largest absolute Gasteiger partial charge is 0.382 e. The number of nitrogens with two attached hydrogens (primary N) is 1. The first-order valence-electron chi connectivity index (χ1n) is 14.5. The summed E-state index contributed by atoms with van der Waals surface area (Å²) in [4.78, 5) is 8.72. The van der Waals surface area contributed by atoms with Crippen LogP contribution in [0, 0.1) is 0 Å². The molecule has 10 heteroatoms. The van der Waals surface area contributed by atoms with Gasteiger partial charge in [-0.25, -0.2) is 18.4 Å². The lowest BCUT2D eigenvalue weighted by molar-refractivity contribution is 0.0776. The summed E-state index contributed by atoms with van der Waals surface area (Å²) in [6, 6.07) is 12.2. The predicted octanol–water partition coefficient (Wildman–Crippen LogP) is 4.50. The van der Waals surface area contributed by atoms with E-state index in [1.807, 2.05) is 24.3 Å². The highest BCUT2D eigenvalue weighted by Crippen LogP contribution is 2.30. The first-order chi connectivity index (χ1) is 20.2. The van der Waals surface area contributed by atoms with E-state index in [1.165, 1.54) is 18.3 Å². The van der Waals surface area contributed by atoms with Gasteiger partial charge in [-0.2, -0.15) is 0 Å². The maximum Gasteiger partial charge on any atom is 0.189 e. The zero-order chi connectivity index (χ0) is 31.2. The van der Waals surface area contributed by atoms with E-state index in [9.17, 15) is 8.42 Å². The summed E-state index contributed by atoms with van der Waals surface area (Å²) in [7, 11) is -3.61. The standard InChI is InChI=1S/C28H31N5O4S/c1-18(2)38(34,35)23-9-7-21(8-10-23)25-17-31-28(29)27(32-25)26-15-24(33-37-26)20-5-3-19(4-6-20)16-30-22-11-13-36-14-12-22/h3-10,15,17-18,22,30H,11-14,16H2,1-2H3,(H2,29,31)/i9D,11D2,12D2. The van der Waals surface area contributed by atoms with E-state index in [0.29, 0.717) is 17.0 Å². The highest BCUT2D eigenvalue weighted by atomic mass is 32.2. The molecule has 198 valence electrons. The molecule has 0 unspecified atom stereocenters. The molecule has 0 saturated carbocycles. The summed E-state index contributed by atoms with van der Waals surface area (Å²) in [6.45, 7) is 3.05. The molecule has 0 atom stereocenters. The lowest BCUT2D eigenvalue weighted by Gasteiger charge is -2.23. The van der Waals surface area contributed by atoms with Gasteiger partial charge in [0, 0.05) is 48.5 Å². The average molecular weight is 539 g/mol. The number of benzene rings is 2.